The number of anilines is 1. The quantitative estimate of drug-likeness (QED) is 0.783. The molecule has 0 N–H and O–H groups in total. The number of rotatable bonds is 3. The molecule has 5 heteroatoms. The Balaban J connectivity index is 2.11. The summed E-state index contributed by atoms with van der Waals surface area (Å²) < 4.78 is 0.808. The Bertz CT molecular complexity index is 484. The lowest BCUT2D eigenvalue weighted by molar-refractivity contribution is 0.913. The molecule has 0 amide bonds. The highest BCUT2D eigenvalue weighted by Crippen LogP contribution is 2.24. The van der Waals surface area contributed by atoms with E-state index in [0.29, 0.717) is 5.15 Å². The van der Waals surface area contributed by atoms with E-state index < -0.39 is 0 Å². The smallest absolute Gasteiger partial charge is 0.131 e. The molecule has 84 valence electrons. The summed E-state index contributed by atoms with van der Waals surface area (Å²) in [6.45, 7) is 0.782. The van der Waals surface area contributed by atoms with Gasteiger partial charge in [0.1, 0.15) is 11.0 Å². The van der Waals surface area contributed by atoms with E-state index in [1.54, 1.807) is 17.4 Å². The second kappa shape index (κ2) is 5.04. The van der Waals surface area contributed by atoms with E-state index in [-0.39, 0.29) is 0 Å². The topological polar surface area (TPSA) is 16.1 Å². The lowest BCUT2D eigenvalue weighted by Gasteiger charge is -2.16. The molecule has 0 unspecified atom stereocenters. The van der Waals surface area contributed by atoms with Crippen molar-refractivity contribution < 1.29 is 0 Å². The van der Waals surface area contributed by atoms with Crippen molar-refractivity contribution in [2.75, 3.05) is 11.9 Å². The number of hydrogen-bond acceptors (Lipinski definition) is 3. The van der Waals surface area contributed by atoms with Crippen LogP contribution in [0.5, 0.6) is 0 Å². The van der Waals surface area contributed by atoms with Crippen molar-refractivity contribution in [2.24, 2.45) is 0 Å². The Morgan fingerprint density at radius 3 is 2.69 bits per heavy atom. The lowest BCUT2D eigenvalue weighted by Crippen LogP contribution is -2.16. The van der Waals surface area contributed by atoms with E-state index >= 15 is 0 Å². The minimum Gasteiger partial charge on any atom is -0.354 e. The van der Waals surface area contributed by atoms with Gasteiger partial charge in [-0.15, -0.1) is 11.3 Å². The van der Waals surface area contributed by atoms with Crippen molar-refractivity contribution in [2.45, 2.75) is 6.54 Å². The van der Waals surface area contributed by atoms with E-state index in [0.717, 1.165) is 16.7 Å². The second-order valence-corrected chi connectivity index (χ2v) is 5.57. The van der Waals surface area contributed by atoms with Crippen molar-refractivity contribution in [1.29, 1.82) is 0 Å². The summed E-state index contributed by atoms with van der Waals surface area (Å²) in [5.41, 5.74) is 0. The standard InChI is InChI=1S/C11H10Cl2N2S/c1-15(7-8-5-6-10(13)16-8)11-4-2-3-9(12)14-11/h2-6H,7H2,1H3. The molecule has 0 spiro atoms. The summed E-state index contributed by atoms with van der Waals surface area (Å²) in [7, 11) is 1.98. The molecule has 0 saturated carbocycles. The molecule has 2 aromatic heterocycles. The molecule has 2 rings (SSSR count). The molecule has 2 aromatic rings. The van der Waals surface area contributed by atoms with E-state index in [4.69, 9.17) is 23.2 Å². The molecule has 2 heterocycles. The van der Waals surface area contributed by atoms with Crippen LogP contribution in [0, 0.1) is 0 Å². The van der Waals surface area contributed by atoms with Crippen molar-refractivity contribution in [3.05, 3.63) is 44.7 Å². The molecule has 0 aromatic carbocycles. The number of hydrogen-bond donors (Lipinski definition) is 0. The monoisotopic (exact) mass is 272 g/mol. The van der Waals surface area contributed by atoms with E-state index in [9.17, 15) is 0 Å². The van der Waals surface area contributed by atoms with Gasteiger partial charge < -0.3 is 4.90 Å². The van der Waals surface area contributed by atoms with Gasteiger partial charge in [-0.3, -0.25) is 0 Å². The SMILES string of the molecule is CN(Cc1ccc(Cl)s1)c1cccc(Cl)n1. The third kappa shape index (κ3) is 2.88. The van der Waals surface area contributed by atoms with Gasteiger partial charge in [-0.25, -0.2) is 4.98 Å². The van der Waals surface area contributed by atoms with Crippen LogP contribution in [0.4, 0.5) is 5.82 Å². The average molecular weight is 273 g/mol. The number of halogens is 2. The van der Waals surface area contributed by atoms with E-state index in [2.05, 4.69) is 4.98 Å². The first-order chi connectivity index (χ1) is 7.65. The Hall–Kier alpha value is -0.770. The molecular formula is C11H10Cl2N2S. The molecule has 0 bridgehead atoms. The lowest BCUT2D eigenvalue weighted by atomic mass is 10.4. The van der Waals surface area contributed by atoms with E-state index in [1.165, 1.54) is 4.88 Å². The molecule has 0 fully saturated rings. The van der Waals surface area contributed by atoms with Crippen LogP contribution in [0.1, 0.15) is 4.88 Å². The number of thiophene rings is 1. The minimum atomic E-state index is 0.508. The zero-order valence-electron chi connectivity index (χ0n) is 8.65. The van der Waals surface area contributed by atoms with Crippen LogP contribution in [0.25, 0.3) is 0 Å². The summed E-state index contributed by atoms with van der Waals surface area (Å²) in [4.78, 5) is 7.48. The average Bonchev–Trinajstić information content (AvgIpc) is 2.64. The van der Waals surface area contributed by atoms with Crippen molar-refractivity contribution in [3.63, 3.8) is 0 Å². The van der Waals surface area contributed by atoms with Crippen LogP contribution in [-0.2, 0) is 6.54 Å². The second-order valence-electron chi connectivity index (χ2n) is 3.38. The van der Waals surface area contributed by atoms with Gasteiger partial charge in [0.05, 0.1) is 10.9 Å². The highest BCUT2D eigenvalue weighted by atomic mass is 35.5. The van der Waals surface area contributed by atoms with Crippen LogP contribution >= 0.6 is 34.5 Å². The van der Waals surface area contributed by atoms with Gasteiger partial charge in [-0.05, 0) is 24.3 Å². The molecule has 0 saturated heterocycles. The number of aromatic nitrogens is 1. The maximum atomic E-state index is 5.88. The Morgan fingerprint density at radius 2 is 2.06 bits per heavy atom. The first-order valence-electron chi connectivity index (χ1n) is 4.73. The molecule has 0 atom stereocenters. The molecule has 0 radical (unpaired) electrons. The van der Waals surface area contributed by atoms with Crippen molar-refractivity contribution in [1.82, 2.24) is 4.98 Å². The highest BCUT2D eigenvalue weighted by molar-refractivity contribution is 7.16. The zero-order valence-corrected chi connectivity index (χ0v) is 11.0. The van der Waals surface area contributed by atoms with Crippen LogP contribution in [0.3, 0.4) is 0 Å². The van der Waals surface area contributed by atoms with Gasteiger partial charge in [0.25, 0.3) is 0 Å². The highest BCUT2D eigenvalue weighted by Gasteiger charge is 2.05. The van der Waals surface area contributed by atoms with Crippen LogP contribution in [-0.4, -0.2) is 12.0 Å². The van der Waals surface area contributed by atoms with Gasteiger partial charge in [0, 0.05) is 11.9 Å². The first-order valence-corrected chi connectivity index (χ1v) is 6.30. The maximum absolute atomic E-state index is 5.88. The first kappa shape index (κ1) is 11.7. The van der Waals surface area contributed by atoms with Gasteiger partial charge in [0.2, 0.25) is 0 Å². The number of pyridine rings is 1. The fourth-order valence-electron chi connectivity index (χ4n) is 1.36. The van der Waals surface area contributed by atoms with Gasteiger partial charge >= 0.3 is 0 Å². The maximum Gasteiger partial charge on any atom is 0.131 e. The van der Waals surface area contributed by atoms with Crippen molar-refractivity contribution in [3.8, 4) is 0 Å². The summed E-state index contributed by atoms with van der Waals surface area (Å²) in [5.74, 6) is 0.858. The van der Waals surface area contributed by atoms with Gasteiger partial charge in [-0.2, -0.15) is 0 Å². The van der Waals surface area contributed by atoms with Gasteiger partial charge in [-0.1, -0.05) is 29.3 Å². The summed E-state index contributed by atoms with van der Waals surface area (Å²) >= 11 is 13.3. The fraction of sp³-hybridized carbons (Fsp3) is 0.182. The Kier molecular flexibility index (Phi) is 3.69. The largest absolute Gasteiger partial charge is 0.354 e. The minimum absolute atomic E-state index is 0.508. The molecular weight excluding hydrogens is 263 g/mol. The van der Waals surface area contributed by atoms with Crippen LogP contribution in [0.15, 0.2) is 30.3 Å². The molecule has 16 heavy (non-hydrogen) atoms. The molecule has 2 nitrogen and oxygen atoms in total. The van der Waals surface area contributed by atoms with E-state index in [1.807, 2.05) is 36.2 Å². The molecule has 0 aliphatic rings. The number of nitrogens with zero attached hydrogens (tertiary/aromatic N) is 2. The summed E-state index contributed by atoms with van der Waals surface area (Å²) in [6, 6.07) is 9.51. The Morgan fingerprint density at radius 1 is 1.25 bits per heavy atom. The van der Waals surface area contributed by atoms with Crippen LogP contribution < -0.4 is 4.90 Å². The summed E-state index contributed by atoms with van der Waals surface area (Å²) in [5, 5.41) is 0.508. The van der Waals surface area contributed by atoms with Crippen molar-refractivity contribution >= 4 is 40.4 Å². The summed E-state index contributed by atoms with van der Waals surface area (Å²) in [6.07, 6.45) is 0. The predicted octanol–water partition coefficient (Wildman–Crippen LogP) is 4.09. The normalized spacial score (nSPS) is 10.4. The molecule has 0 aliphatic heterocycles. The Labute approximate surface area is 108 Å². The predicted molar refractivity (Wildman–Crippen MR) is 70.7 cm³/mol. The molecule has 0 aliphatic carbocycles. The third-order valence-corrected chi connectivity index (χ3v) is 3.54. The van der Waals surface area contributed by atoms with Crippen LogP contribution in [0.2, 0.25) is 9.49 Å². The third-order valence-electron chi connectivity index (χ3n) is 2.11. The zero-order chi connectivity index (χ0) is 11.5. The van der Waals surface area contributed by atoms with Gasteiger partial charge in [0.15, 0.2) is 0 Å². The fourth-order valence-corrected chi connectivity index (χ4v) is 2.66.